The van der Waals surface area contributed by atoms with Gasteiger partial charge in [-0.05, 0) is 35.1 Å². The van der Waals surface area contributed by atoms with Gasteiger partial charge in [-0.3, -0.25) is 0 Å². The third-order valence-corrected chi connectivity index (χ3v) is 4.24. The standard InChI is InChI=1S/C18H17N/c1-2-8-15-13(5-1)10-11-16(15)17-9-3-6-14-7-4-12-19-18(14)17/h1-3,5-6,8-11,16,19H,4,7,12H2. The maximum atomic E-state index is 3.61. The smallest absolute Gasteiger partial charge is 0.0414 e. The van der Waals surface area contributed by atoms with E-state index in [0.717, 1.165) is 6.54 Å². The monoisotopic (exact) mass is 247 g/mol. The fourth-order valence-corrected chi connectivity index (χ4v) is 3.32. The van der Waals surface area contributed by atoms with Crippen molar-refractivity contribution in [2.45, 2.75) is 18.8 Å². The molecular weight excluding hydrogens is 230 g/mol. The van der Waals surface area contributed by atoms with Crippen LogP contribution in [0.5, 0.6) is 0 Å². The van der Waals surface area contributed by atoms with Crippen molar-refractivity contribution < 1.29 is 0 Å². The number of nitrogens with one attached hydrogen (secondary N) is 1. The van der Waals surface area contributed by atoms with E-state index in [1.165, 1.54) is 40.8 Å². The van der Waals surface area contributed by atoms with E-state index >= 15 is 0 Å². The van der Waals surface area contributed by atoms with Crippen LogP contribution in [-0.4, -0.2) is 6.54 Å². The highest BCUT2D eigenvalue weighted by atomic mass is 14.9. The summed E-state index contributed by atoms with van der Waals surface area (Å²) in [6.45, 7) is 1.10. The first-order valence-electron chi connectivity index (χ1n) is 7.06. The third-order valence-electron chi connectivity index (χ3n) is 4.24. The Morgan fingerprint density at radius 1 is 0.947 bits per heavy atom. The second-order valence-electron chi connectivity index (χ2n) is 5.38. The molecule has 0 saturated heterocycles. The molecule has 19 heavy (non-hydrogen) atoms. The predicted octanol–water partition coefficient (Wildman–Crippen LogP) is 4.20. The third kappa shape index (κ3) is 1.69. The molecule has 4 rings (SSSR count). The molecular formula is C18H17N. The lowest BCUT2D eigenvalue weighted by molar-refractivity contribution is 0.822. The number of para-hydroxylation sites is 1. The summed E-state index contributed by atoms with van der Waals surface area (Å²) >= 11 is 0. The van der Waals surface area contributed by atoms with Gasteiger partial charge in [0.2, 0.25) is 0 Å². The van der Waals surface area contributed by atoms with Gasteiger partial charge in [-0.1, -0.05) is 54.6 Å². The number of rotatable bonds is 1. The first-order chi connectivity index (χ1) is 9.43. The van der Waals surface area contributed by atoms with Crippen molar-refractivity contribution in [3.63, 3.8) is 0 Å². The van der Waals surface area contributed by atoms with E-state index in [1.54, 1.807) is 0 Å². The van der Waals surface area contributed by atoms with Gasteiger partial charge >= 0.3 is 0 Å². The fourth-order valence-electron chi connectivity index (χ4n) is 3.32. The van der Waals surface area contributed by atoms with Crippen LogP contribution in [0.2, 0.25) is 0 Å². The Hall–Kier alpha value is -2.02. The SMILES string of the molecule is C1=CC(c2cccc3c2NCCC3)c2ccccc21. The average molecular weight is 247 g/mol. The molecule has 2 aliphatic rings. The summed E-state index contributed by atoms with van der Waals surface area (Å²) in [5, 5.41) is 3.61. The molecule has 0 bridgehead atoms. The number of aryl methyl sites for hydroxylation is 1. The Morgan fingerprint density at radius 2 is 1.84 bits per heavy atom. The first kappa shape index (κ1) is 10.9. The average Bonchev–Trinajstić information content (AvgIpc) is 2.90. The Bertz CT molecular complexity index is 654. The van der Waals surface area contributed by atoms with Gasteiger partial charge in [-0.15, -0.1) is 0 Å². The van der Waals surface area contributed by atoms with Gasteiger partial charge in [0, 0.05) is 18.2 Å². The molecule has 0 aromatic heterocycles. The second kappa shape index (κ2) is 4.27. The van der Waals surface area contributed by atoms with Crippen LogP contribution < -0.4 is 5.32 Å². The summed E-state index contributed by atoms with van der Waals surface area (Å²) in [4.78, 5) is 0. The van der Waals surface area contributed by atoms with Crippen molar-refractivity contribution in [2.24, 2.45) is 0 Å². The van der Waals surface area contributed by atoms with E-state index in [4.69, 9.17) is 0 Å². The van der Waals surface area contributed by atoms with E-state index in [9.17, 15) is 0 Å². The van der Waals surface area contributed by atoms with Crippen molar-refractivity contribution >= 4 is 11.8 Å². The quantitative estimate of drug-likeness (QED) is 0.796. The van der Waals surface area contributed by atoms with Crippen LogP contribution in [0.3, 0.4) is 0 Å². The van der Waals surface area contributed by atoms with Gasteiger partial charge in [-0.2, -0.15) is 0 Å². The zero-order valence-corrected chi connectivity index (χ0v) is 10.9. The van der Waals surface area contributed by atoms with Crippen LogP contribution in [0.15, 0.2) is 48.5 Å². The Balaban J connectivity index is 1.85. The van der Waals surface area contributed by atoms with Gasteiger partial charge in [0.05, 0.1) is 0 Å². The normalized spacial score (nSPS) is 19.7. The molecule has 94 valence electrons. The molecule has 0 spiro atoms. The van der Waals surface area contributed by atoms with E-state index < -0.39 is 0 Å². The van der Waals surface area contributed by atoms with Gasteiger partial charge in [0.1, 0.15) is 0 Å². The molecule has 2 aromatic rings. The predicted molar refractivity (Wildman–Crippen MR) is 80.6 cm³/mol. The first-order valence-corrected chi connectivity index (χ1v) is 7.06. The summed E-state index contributed by atoms with van der Waals surface area (Å²) in [7, 11) is 0. The van der Waals surface area contributed by atoms with E-state index in [1.807, 2.05) is 0 Å². The van der Waals surface area contributed by atoms with Crippen LogP contribution in [0.4, 0.5) is 5.69 Å². The summed E-state index contributed by atoms with van der Waals surface area (Å²) in [5.74, 6) is 0.414. The fraction of sp³-hybridized carbons (Fsp3) is 0.222. The van der Waals surface area contributed by atoms with Gasteiger partial charge in [0.25, 0.3) is 0 Å². The van der Waals surface area contributed by atoms with Crippen molar-refractivity contribution in [3.05, 3.63) is 70.8 Å². The highest BCUT2D eigenvalue weighted by molar-refractivity contribution is 5.70. The molecule has 0 saturated carbocycles. The Kier molecular flexibility index (Phi) is 2.44. The van der Waals surface area contributed by atoms with Crippen LogP contribution in [0.25, 0.3) is 6.08 Å². The topological polar surface area (TPSA) is 12.0 Å². The van der Waals surface area contributed by atoms with Crippen LogP contribution in [-0.2, 0) is 6.42 Å². The van der Waals surface area contributed by atoms with Gasteiger partial charge < -0.3 is 5.32 Å². The Labute approximate surface area is 114 Å². The zero-order valence-electron chi connectivity index (χ0n) is 10.9. The number of fused-ring (bicyclic) bond motifs is 2. The molecule has 0 amide bonds. The molecule has 0 radical (unpaired) electrons. The number of hydrogen-bond acceptors (Lipinski definition) is 1. The molecule has 1 N–H and O–H groups in total. The summed E-state index contributed by atoms with van der Waals surface area (Å²) in [6.07, 6.45) is 7.03. The van der Waals surface area contributed by atoms with Crippen LogP contribution in [0.1, 0.15) is 34.6 Å². The molecule has 1 unspecified atom stereocenters. The highest BCUT2D eigenvalue weighted by Gasteiger charge is 2.23. The van der Waals surface area contributed by atoms with Gasteiger partial charge in [-0.25, -0.2) is 0 Å². The minimum absolute atomic E-state index is 0.414. The molecule has 1 aliphatic carbocycles. The van der Waals surface area contributed by atoms with E-state index in [-0.39, 0.29) is 0 Å². The molecule has 1 aliphatic heterocycles. The van der Waals surface area contributed by atoms with Crippen LogP contribution >= 0.6 is 0 Å². The van der Waals surface area contributed by atoms with Crippen molar-refractivity contribution in [2.75, 3.05) is 11.9 Å². The number of anilines is 1. The Morgan fingerprint density at radius 3 is 2.84 bits per heavy atom. The van der Waals surface area contributed by atoms with E-state index in [2.05, 4.69) is 59.9 Å². The highest BCUT2D eigenvalue weighted by Crippen LogP contribution is 2.40. The largest absolute Gasteiger partial charge is 0.385 e. The molecule has 1 atom stereocenters. The molecule has 1 nitrogen and oxygen atoms in total. The summed E-state index contributed by atoms with van der Waals surface area (Å²) < 4.78 is 0. The molecule has 0 fully saturated rings. The minimum Gasteiger partial charge on any atom is -0.385 e. The maximum absolute atomic E-state index is 3.61. The lowest BCUT2D eigenvalue weighted by Gasteiger charge is -2.24. The lowest BCUT2D eigenvalue weighted by Crippen LogP contribution is -2.14. The summed E-state index contributed by atoms with van der Waals surface area (Å²) in [5.41, 5.74) is 7.07. The zero-order chi connectivity index (χ0) is 12.7. The minimum atomic E-state index is 0.414. The lowest BCUT2D eigenvalue weighted by atomic mass is 9.88. The van der Waals surface area contributed by atoms with Crippen molar-refractivity contribution in [1.29, 1.82) is 0 Å². The summed E-state index contributed by atoms with van der Waals surface area (Å²) in [6, 6.07) is 15.4. The second-order valence-corrected chi connectivity index (χ2v) is 5.38. The number of hydrogen-bond donors (Lipinski definition) is 1. The number of benzene rings is 2. The van der Waals surface area contributed by atoms with Gasteiger partial charge in [0.15, 0.2) is 0 Å². The molecule has 2 aromatic carbocycles. The maximum Gasteiger partial charge on any atom is 0.0414 e. The van der Waals surface area contributed by atoms with E-state index in [0.29, 0.717) is 5.92 Å². The van der Waals surface area contributed by atoms with Crippen molar-refractivity contribution in [3.8, 4) is 0 Å². The van der Waals surface area contributed by atoms with Crippen LogP contribution in [0, 0.1) is 0 Å². The molecule has 1 heterocycles. The number of allylic oxidation sites excluding steroid dienone is 1. The molecule has 1 heteroatoms. The van der Waals surface area contributed by atoms with Crippen molar-refractivity contribution in [1.82, 2.24) is 0 Å².